The number of aromatic carboxylic acids is 1. The Labute approximate surface area is 206 Å². The predicted molar refractivity (Wildman–Crippen MR) is 131 cm³/mol. The summed E-state index contributed by atoms with van der Waals surface area (Å²) in [4.78, 5) is 48.2. The third-order valence-electron chi connectivity index (χ3n) is 5.93. The number of ketones is 1. The van der Waals surface area contributed by atoms with Crippen molar-refractivity contribution in [3.8, 4) is 0 Å². The number of Topliss-reactive ketones (excluding diaryl/α,β-unsaturated/α-hetero) is 1. The van der Waals surface area contributed by atoms with Crippen LogP contribution in [0.5, 0.6) is 0 Å². The highest BCUT2D eigenvalue weighted by Crippen LogP contribution is 2.44. The third-order valence-corrected chi connectivity index (χ3v) is 6.95. The van der Waals surface area contributed by atoms with Gasteiger partial charge in [0.15, 0.2) is 16.7 Å². The second kappa shape index (κ2) is 8.14. The second-order valence-corrected chi connectivity index (χ2v) is 9.10. The molecular weight excluding hydrogens is 482 g/mol. The van der Waals surface area contributed by atoms with Crippen molar-refractivity contribution in [2.24, 2.45) is 0 Å². The van der Waals surface area contributed by atoms with Gasteiger partial charge in [-0.05, 0) is 42.0 Å². The normalized spacial score (nSPS) is 15.8. The molecule has 10 heteroatoms. The van der Waals surface area contributed by atoms with Gasteiger partial charge in [-0.25, -0.2) is 9.78 Å². The number of carboxylic acids is 1. The van der Waals surface area contributed by atoms with Crippen LogP contribution < -0.4 is 4.90 Å². The molecule has 9 nitrogen and oxygen atoms in total. The maximum Gasteiger partial charge on any atom is 0.335 e. The van der Waals surface area contributed by atoms with E-state index in [0.717, 1.165) is 11.3 Å². The van der Waals surface area contributed by atoms with Crippen LogP contribution in [0.4, 0.5) is 5.13 Å². The Morgan fingerprint density at radius 2 is 1.89 bits per heavy atom. The van der Waals surface area contributed by atoms with E-state index < -0.39 is 29.5 Å². The summed E-state index contributed by atoms with van der Waals surface area (Å²) in [6.07, 6.45) is 3.06. The van der Waals surface area contributed by atoms with E-state index in [1.54, 1.807) is 48.7 Å². The molecule has 6 rings (SSSR count). The van der Waals surface area contributed by atoms with Gasteiger partial charge in [-0.15, -0.1) is 0 Å². The van der Waals surface area contributed by atoms with Crippen molar-refractivity contribution in [2.75, 3.05) is 4.90 Å². The van der Waals surface area contributed by atoms with Crippen molar-refractivity contribution in [1.29, 1.82) is 0 Å². The molecule has 4 heterocycles. The van der Waals surface area contributed by atoms with E-state index in [9.17, 15) is 24.6 Å². The zero-order valence-corrected chi connectivity index (χ0v) is 19.1. The topological polar surface area (TPSA) is 134 Å². The molecule has 176 valence electrons. The molecule has 2 aromatic carbocycles. The molecule has 0 bridgehead atoms. The van der Waals surface area contributed by atoms with Crippen LogP contribution in [-0.4, -0.2) is 37.8 Å². The van der Waals surface area contributed by atoms with Gasteiger partial charge in [-0.3, -0.25) is 19.5 Å². The molecule has 3 aromatic heterocycles. The number of para-hydroxylation sites is 1. The molecule has 0 saturated carbocycles. The minimum absolute atomic E-state index is 0.0170. The molecular formula is C26H15N3O6S. The van der Waals surface area contributed by atoms with Gasteiger partial charge in [0.1, 0.15) is 5.58 Å². The van der Waals surface area contributed by atoms with Gasteiger partial charge >= 0.3 is 5.97 Å². The van der Waals surface area contributed by atoms with Crippen molar-refractivity contribution in [2.45, 2.75) is 6.04 Å². The molecule has 0 aliphatic carbocycles. The summed E-state index contributed by atoms with van der Waals surface area (Å²) in [7, 11) is 0. The van der Waals surface area contributed by atoms with Crippen molar-refractivity contribution in [1.82, 2.24) is 9.97 Å². The molecule has 0 radical (unpaired) electrons. The first-order valence-corrected chi connectivity index (χ1v) is 11.6. The molecule has 1 unspecified atom stereocenters. The number of pyridine rings is 1. The Balaban J connectivity index is 1.49. The molecule has 1 atom stereocenters. The van der Waals surface area contributed by atoms with Gasteiger partial charge in [-0.1, -0.05) is 35.6 Å². The van der Waals surface area contributed by atoms with E-state index in [1.807, 2.05) is 6.07 Å². The van der Waals surface area contributed by atoms with Crippen LogP contribution in [0.1, 0.15) is 32.5 Å². The van der Waals surface area contributed by atoms with Gasteiger partial charge < -0.3 is 14.6 Å². The fourth-order valence-corrected chi connectivity index (χ4v) is 5.29. The van der Waals surface area contributed by atoms with E-state index >= 15 is 0 Å². The number of anilines is 1. The van der Waals surface area contributed by atoms with Gasteiger partial charge in [0, 0.05) is 17.8 Å². The molecule has 0 spiro atoms. The van der Waals surface area contributed by atoms with Crippen LogP contribution in [0, 0.1) is 0 Å². The smallest absolute Gasteiger partial charge is 0.335 e. The van der Waals surface area contributed by atoms with Crippen LogP contribution in [0.2, 0.25) is 0 Å². The lowest BCUT2D eigenvalue weighted by molar-refractivity contribution is -0.117. The number of hydrogen-bond acceptors (Lipinski definition) is 8. The summed E-state index contributed by atoms with van der Waals surface area (Å²) in [5.74, 6) is -3.25. The minimum atomic E-state index is -1.09. The largest absolute Gasteiger partial charge is 0.503 e. The number of nitrogens with zero attached hydrogens (tertiary/aromatic N) is 3. The highest BCUT2D eigenvalue weighted by molar-refractivity contribution is 7.22. The Morgan fingerprint density at radius 1 is 1.06 bits per heavy atom. The summed E-state index contributed by atoms with van der Waals surface area (Å²) < 4.78 is 6.27. The SMILES string of the molecule is O=C(O)c1ccc2nc(N3C(=O)C(O)=C(C(=O)c4cc5ccccc5o4)C3c3cccnc3)sc2c1. The number of carboxylic acid groups (broad SMARTS) is 1. The molecule has 0 fully saturated rings. The number of aromatic nitrogens is 2. The van der Waals surface area contributed by atoms with Gasteiger partial charge in [0.05, 0.1) is 27.4 Å². The lowest BCUT2D eigenvalue weighted by Gasteiger charge is -2.23. The molecule has 36 heavy (non-hydrogen) atoms. The summed E-state index contributed by atoms with van der Waals surface area (Å²) >= 11 is 1.08. The zero-order valence-electron chi connectivity index (χ0n) is 18.3. The average molecular weight is 497 g/mol. The first kappa shape index (κ1) is 21.7. The molecule has 1 aliphatic heterocycles. The maximum absolute atomic E-state index is 13.6. The number of rotatable bonds is 5. The van der Waals surface area contributed by atoms with Gasteiger partial charge in [0.2, 0.25) is 5.78 Å². The van der Waals surface area contributed by atoms with Crippen LogP contribution in [0.15, 0.2) is 88.8 Å². The Bertz CT molecular complexity index is 1700. The average Bonchev–Trinajstić information content (AvgIpc) is 3.57. The van der Waals surface area contributed by atoms with Gasteiger partial charge in [-0.2, -0.15) is 0 Å². The van der Waals surface area contributed by atoms with E-state index in [0.29, 0.717) is 26.7 Å². The number of hydrogen-bond donors (Lipinski definition) is 2. The van der Waals surface area contributed by atoms with E-state index in [4.69, 9.17) is 4.42 Å². The van der Waals surface area contributed by atoms with Crippen molar-refractivity contribution >= 4 is 55.3 Å². The molecule has 1 amide bonds. The van der Waals surface area contributed by atoms with E-state index in [-0.39, 0.29) is 22.0 Å². The Hall–Kier alpha value is -4.83. The molecule has 5 aromatic rings. The fraction of sp³-hybridized carbons (Fsp3) is 0.0385. The number of aliphatic hydroxyl groups is 1. The van der Waals surface area contributed by atoms with Crippen LogP contribution in [-0.2, 0) is 4.79 Å². The molecule has 1 aliphatic rings. The predicted octanol–water partition coefficient (Wildman–Crippen LogP) is 4.92. The number of benzene rings is 2. The lowest BCUT2D eigenvalue weighted by Crippen LogP contribution is -2.31. The summed E-state index contributed by atoms with van der Waals surface area (Å²) in [6, 6.07) is 15.4. The first-order valence-electron chi connectivity index (χ1n) is 10.8. The Kier molecular flexibility index (Phi) is 4.90. The lowest BCUT2D eigenvalue weighted by atomic mass is 9.96. The standard InChI is InChI=1S/C26H15N3O6S/c30-22(18-10-13-4-1-2-6-17(13)35-18)20-21(15-5-3-9-27-12-15)29(24(32)23(20)31)26-28-16-8-7-14(25(33)34)11-19(16)36-26/h1-12,21,31H,(H,33,34). The maximum atomic E-state index is 13.6. The number of aliphatic hydroxyl groups excluding tert-OH is 1. The highest BCUT2D eigenvalue weighted by atomic mass is 32.1. The van der Waals surface area contributed by atoms with Crippen LogP contribution >= 0.6 is 11.3 Å². The second-order valence-electron chi connectivity index (χ2n) is 8.09. The van der Waals surface area contributed by atoms with Crippen LogP contribution in [0.3, 0.4) is 0 Å². The van der Waals surface area contributed by atoms with Gasteiger partial charge in [0.25, 0.3) is 5.91 Å². The minimum Gasteiger partial charge on any atom is -0.503 e. The summed E-state index contributed by atoms with van der Waals surface area (Å²) in [6.45, 7) is 0. The number of carbonyl (C=O) groups excluding carboxylic acids is 2. The van der Waals surface area contributed by atoms with Crippen molar-refractivity contribution < 1.29 is 29.0 Å². The Morgan fingerprint density at radius 3 is 2.64 bits per heavy atom. The summed E-state index contributed by atoms with van der Waals surface area (Å²) in [5, 5.41) is 21.1. The monoisotopic (exact) mass is 497 g/mol. The molecule has 0 saturated heterocycles. The number of fused-ring (bicyclic) bond motifs is 2. The van der Waals surface area contributed by atoms with Crippen LogP contribution in [0.25, 0.3) is 21.2 Å². The molecule has 2 N–H and O–H groups in total. The third kappa shape index (κ3) is 3.35. The number of carbonyl (C=O) groups is 3. The quantitative estimate of drug-likeness (QED) is 0.327. The number of furan rings is 1. The van der Waals surface area contributed by atoms with Crippen molar-refractivity contribution in [3.63, 3.8) is 0 Å². The number of amides is 1. The van der Waals surface area contributed by atoms with Crippen molar-refractivity contribution in [3.05, 3.63) is 101 Å². The highest BCUT2D eigenvalue weighted by Gasteiger charge is 2.46. The number of thiazole rings is 1. The zero-order chi connectivity index (χ0) is 25.0. The first-order chi connectivity index (χ1) is 17.4. The van der Waals surface area contributed by atoms with E-state index in [1.165, 1.54) is 23.2 Å². The van der Waals surface area contributed by atoms with E-state index in [2.05, 4.69) is 9.97 Å². The summed E-state index contributed by atoms with van der Waals surface area (Å²) in [5.41, 5.74) is 1.39. The fourth-order valence-electron chi connectivity index (χ4n) is 4.26.